The molecule has 0 saturated carbocycles. The smallest absolute Gasteiger partial charge is 0.279 e. The Morgan fingerprint density at radius 3 is 2.73 bits per heavy atom. The first kappa shape index (κ1) is 10.4. The van der Waals surface area contributed by atoms with Gasteiger partial charge in [0.25, 0.3) is 5.56 Å². The molecule has 0 saturated heterocycles. The standard InChI is InChI=1S/C9H11BrN4O/c1-4(2)6-5(3)11-9-12-8(10)13-14(9)7(6)15/h4H,1-3H3,(H,11,12,13). The highest BCUT2D eigenvalue weighted by Crippen LogP contribution is 2.13. The van der Waals surface area contributed by atoms with Gasteiger partial charge in [0.2, 0.25) is 10.5 Å². The van der Waals surface area contributed by atoms with E-state index < -0.39 is 0 Å². The van der Waals surface area contributed by atoms with E-state index in [4.69, 9.17) is 0 Å². The van der Waals surface area contributed by atoms with Gasteiger partial charge < -0.3 is 4.98 Å². The van der Waals surface area contributed by atoms with Crippen LogP contribution < -0.4 is 5.56 Å². The number of aryl methyl sites for hydroxylation is 1. The third kappa shape index (κ3) is 1.58. The normalized spacial score (nSPS) is 11.5. The van der Waals surface area contributed by atoms with E-state index in [1.165, 1.54) is 4.52 Å². The van der Waals surface area contributed by atoms with Gasteiger partial charge in [0, 0.05) is 11.3 Å². The van der Waals surface area contributed by atoms with Crippen molar-refractivity contribution in [2.24, 2.45) is 0 Å². The zero-order chi connectivity index (χ0) is 11.2. The highest BCUT2D eigenvalue weighted by molar-refractivity contribution is 9.10. The second-order valence-corrected chi connectivity index (χ2v) is 4.45. The van der Waals surface area contributed by atoms with Crippen LogP contribution >= 0.6 is 15.9 Å². The quantitative estimate of drug-likeness (QED) is 0.857. The molecule has 2 aromatic rings. The number of fused-ring (bicyclic) bond motifs is 1. The highest BCUT2D eigenvalue weighted by Gasteiger charge is 2.14. The lowest BCUT2D eigenvalue weighted by Crippen LogP contribution is -2.22. The van der Waals surface area contributed by atoms with Gasteiger partial charge in [-0.15, -0.1) is 5.10 Å². The molecule has 15 heavy (non-hydrogen) atoms. The fourth-order valence-corrected chi connectivity index (χ4v) is 2.03. The minimum absolute atomic E-state index is 0.102. The number of nitrogens with zero attached hydrogens (tertiary/aromatic N) is 3. The van der Waals surface area contributed by atoms with Gasteiger partial charge in [0.1, 0.15) is 0 Å². The molecule has 0 amide bonds. The SMILES string of the molecule is Cc1[nH]c2nc(Br)nn2c(=O)c1C(C)C. The topological polar surface area (TPSA) is 63.1 Å². The van der Waals surface area contributed by atoms with Gasteiger partial charge in [0.05, 0.1) is 0 Å². The fourth-order valence-electron chi connectivity index (χ4n) is 1.70. The van der Waals surface area contributed by atoms with E-state index in [0.717, 1.165) is 11.3 Å². The molecule has 0 aliphatic heterocycles. The molecule has 0 unspecified atom stereocenters. The molecule has 2 heterocycles. The van der Waals surface area contributed by atoms with Crippen molar-refractivity contribution in [1.29, 1.82) is 0 Å². The lowest BCUT2D eigenvalue weighted by atomic mass is 10.0. The molecule has 0 bridgehead atoms. The van der Waals surface area contributed by atoms with Crippen LogP contribution in [0.25, 0.3) is 5.78 Å². The molecule has 0 radical (unpaired) electrons. The van der Waals surface area contributed by atoms with Crippen molar-refractivity contribution in [2.75, 3.05) is 0 Å². The number of hydrogen-bond donors (Lipinski definition) is 1. The lowest BCUT2D eigenvalue weighted by Gasteiger charge is -2.07. The molecule has 0 aliphatic carbocycles. The van der Waals surface area contributed by atoms with E-state index in [1.807, 2.05) is 20.8 Å². The maximum absolute atomic E-state index is 12.0. The van der Waals surface area contributed by atoms with Crippen molar-refractivity contribution in [1.82, 2.24) is 19.6 Å². The van der Waals surface area contributed by atoms with Crippen LogP contribution in [0.15, 0.2) is 9.53 Å². The molecule has 0 aliphatic rings. The van der Waals surface area contributed by atoms with E-state index >= 15 is 0 Å². The first-order valence-electron chi connectivity index (χ1n) is 4.65. The van der Waals surface area contributed by atoms with Crippen molar-refractivity contribution in [3.8, 4) is 0 Å². The summed E-state index contributed by atoms with van der Waals surface area (Å²) in [6.07, 6.45) is 0. The second kappa shape index (κ2) is 3.44. The van der Waals surface area contributed by atoms with Gasteiger partial charge in [-0.3, -0.25) is 4.79 Å². The molecule has 2 rings (SSSR count). The predicted octanol–water partition coefficient (Wildman–Crippen LogP) is 1.61. The number of aromatic nitrogens is 4. The number of nitrogens with one attached hydrogen (secondary N) is 1. The monoisotopic (exact) mass is 270 g/mol. The largest absolute Gasteiger partial charge is 0.327 e. The summed E-state index contributed by atoms with van der Waals surface area (Å²) in [4.78, 5) is 19.1. The summed E-state index contributed by atoms with van der Waals surface area (Å²) >= 11 is 3.14. The molecular formula is C9H11BrN4O. The Hall–Kier alpha value is -1.17. The molecule has 6 heteroatoms. The molecule has 1 N–H and O–H groups in total. The number of rotatable bonds is 1. The summed E-state index contributed by atoms with van der Waals surface area (Å²) < 4.78 is 1.70. The minimum Gasteiger partial charge on any atom is -0.327 e. The maximum atomic E-state index is 12.0. The average molecular weight is 271 g/mol. The second-order valence-electron chi connectivity index (χ2n) is 3.74. The number of halogens is 1. The third-order valence-corrected chi connectivity index (χ3v) is 2.62. The van der Waals surface area contributed by atoms with Crippen molar-refractivity contribution in [3.63, 3.8) is 0 Å². The van der Waals surface area contributed by atoms with Crippen LogP contribution in [-0.2, 0) is 0 Å². The van der Waals surface area contributed by atoms with E-state index in [-0.39, 0.29) is 11.5 Å². The van der Waals surface area contributed by atoms with Crippen LogP contribution in [0.5, 0.6) is 0 Å². The Morgan fingerprint density at radius 2 is 2.13 bits per heavy atom. The van der Waals surface area contributed by atoms with Crippen molar-refractivity contribution < 1.29 is 0 Å². The molecule has 0 aromatic carbocycles. The Kier molecular flexibility index (Phi) is 2.38. The summed E-state index contributed by atoms with van der Waals surface area (Å²) in [7, 11) is 0. The Labute approximate surface area is 94.7 Å². The first-order chi connectivity index (χ1) is 7.00. The van der Waals surface area contributed by atoms with Crippen molar-refractivity contribution >= 4 is 21.7 Å². The van der Waals surface area contributed by atoms with Gasteiger partial charge in [-0.2, -0.15) is 9.50 Å². The Bertz CT molecular complexity index is 569. The van der Waals surface area contributed by atoms with Crippen LogP contribution in [0.4, 0.5) is 0 Å². The van der Waals surface area contributed by atoms with Gasteiger partial charge in [-0.05, 0) is 28.8 Å². The molecular weight excluding hydrogens is 260 g/mol. The Morgan fingerprint density at radius 1 is 1.47 bits per heavy atom. The summed E-state index contributed by atoms with van der Waals surface area (Å²) in [6.45, 7) is 5.84. The summed E-state index contributed by atoms with van der Waals surface area (Å²) in [5.41, 5.74) is 1.50. The zero-order valence-electron chi connectivity index (χ0n) is 8.71. The van der Waals surface area contributed by atoms with Crippen LogP contribution in [0, 0.1) is 6.92 Å². The van der Waals surface area contributed by atoms with Crippen LogP contribution in [-0.4, -0.2) is 19.6 Å². The third-order valence-electron chi connectivity index (χ3n) is 2.28. The average Bonchev–Trinajstić information content (AvgIpc) is 2.45. The molecule has 2 aromatic heterocycles. The zero-order valence-corrected chi connectivity index (χ0v) is 10.3. The van der Waals surface area contributed by atoms with Crippen LogP contribution in [0.1, 0.15) is 31.0 Å². The maximum Gasteiger partial charge on any atom is 0.279 e. The van der Waals surface area contributed by atoms with Gasteiger partial charge >= 0.3 is 0 Å². The number of hydrogen-bond acceptors (Lipinski definition) is 3. The summed E-state index contributed by atoms with van der Waals surface area (Å²) in [6, 6.07) is 0. The van der Waals surface area contributed by atoms with E-state index in [0.29, 0.717) is 10.5 Å². The number of H-pyrrole nitrogens is 1. The number of aromatic amines is 1. The molecule has 5 nitrogen and oxygen atoms in total. The van der Waals surface area contributed by atoms with E-state index in [2.05, 4.69) is 31.0 Å². The Balaban J connectivity index is 2.89. The van der Waals surface area contributed by atoms with Crippen molar-refractivity contribution in [3.05, 3.63) is 26.3 Å². The highest BCUT2D eigenvalue weighted by atomic mass is 79.9. The van der Waals surface area contributed by atoms with Crippen LogP contribution in [0.2, 0.25) is 0 Å². The van der Waals surface area contributed by atoms with Gasteiger partial charge in [0.15, 0.2) is 0 Å². The van der Waals surface area contributed by atoms with Crippen molar-refractivity contribution in [2.45, 2.75) is 26.7 Å². The summed E-state index contributed by atoms with van der Waals surface area (Å²) in [5.74, 6) is 0.634. The van der Waals surface area contributed by atoms with Crippen LogP contribution in [0.3, 0.4) is 0 Å². The molecule has 0 spiro atoms. The summed E-state index contributed by atoms with van der Waals surface area (Å²) in [5, 5.41) is 3.98. The van der Waals surface area contributed by atoms with E-state index in [9.17, 15) is 4.79 Å². The molecule has 0 fully saturated rings. The van der Waals surface area contributed by atoms with Gasteiger partial charge in [-0.25, -0.2) is 0 Å². The molecule has 80 valence electrons. The minimum atomic E-state index is -0.102. The van der Waals surface area contributed by atoms with Gasteiger partial charge in [-0.1, -0.05) is 13.8 Å². The lowest BCUT2D eigenvalue weighted by molar-refractivity contribution is 0.777. The predicted molar refractivity (Wildman–Crippen MR) is 60.1 cm³/mol. The van der Waals surface area contributed by atoms with E-state index in [1.54, 1.807) is 0 Å². The first-order valence-corrected chi connectivity index (χ1v) is 5.45. The fraction of sp³-hybridized carbons (Fsp3) is 0.444. The molecule has 0 atom stereocenters.